The molecule has 0 bridgehead atoms. The zero-order chi connectivity index (χ0) is 30.5. The average molecular weight is 583 g/mol. The van der Waals surface area contributed by atoms with Gasteiger partial charge in [0.15, 0.2) is 0 Å². The van der Waals surface area contributed by atoms with Gasteiger partial charge in [0, 0.05) is 0 Å². The Balaban J connectivity index is 1.33. The van der Waals surface area contributed by atoms with Gasteiger partial charge in [-0.3, -0.25) is 0 Å². The van der Waals surface area contributed by atoms with Gasteiger partial charge in [-0.1, -0.05) is 170 Å². The summed E-state index contributed by atoms with van der Waals surface area (Å²) in [6.45, 7) is 0. The molecule has 0 N–H and O–H groups in total. The van der Waals surface area contributed by atoms with Gasteiger partial charge in [-0.15, -0.1) is 0 Å². The molecular weight excluding hydrogens is 553 g/mol. The summed E-state index contributed by atoms with van der Waals surface area (Å²) < 4.78 is 0. The van der Waals surface area contributed by atoms with Gasteiger partial charge in [-0.05, 0) is 99.7 Å². The van der Waals surface area contributed by atoms with Crippen LogP contribution >= 0.6 is 0 Å². The van der Waals surface area contributed by atoms with E-state index in [4.69, 9.17) is 0 Å². The summed E-state index contributed by atoms with van der Waals surface area (Å²) in [7, 11) is 0. The first-order chi connectivity index (χ1) is 22.8. The van der Waals surface area contributed by atoms with Gasteiger partial charge in [-0.25, -0.2) is 0 Å². The first-order valence-corrected chi connectivity index (χ1v) is 15.9. The maximum atomic E-state index is 2.39. The van der Waals surface area contributed by atoms with Crippen LogP contribution in [0.5, 0.6) is 0 Å². The molecule has 0 aromatic heterocycles. The van der Waals surface area contributed by atoms with Crippen LogP contribution in [0.3, 0.4) is 0 Å². The molecule has 0 aliphatic heterocycles. The van der Waals surface area contributed by atoms with E-state index >= 15 is 0 Å². The fourth-order valence-corrected chi connectivity index (χ4v) is 7.44. The average Bonchev–Trinajstić information content (AvgIpc) is 3.14. The molecule has 9 rings (SSSR count). The van der Waals surface area contributed by atoms with Crippen LogP contribution in [-0.2, 0) is 0 Å². The fourth-order valence-electron chi connectivity index (χ4n) is 7.44. The highest BCUT2D eigenvalue weighted by Crippen LogP contribution is 2.46. The van der Waals surface area contributed by atoms with E-state index in [1.807, 2.05) is 0 Å². The number of hydrogen-bond donors (Lipinski definition) is 0. The minimum Gasteiger partial charge on any atom is -0.0622 e. The third kappa shape index (κ3) is 4.23. The highest BCUT2D eigenvalue weighted by Gasteiger charge is 2.19. The van der Waals surface area contributed by atoms with E-state index in [1.165, 1.54) is 87.6 Å². The molecule has 0 saturated carbocycles. The van der Waals surface area contributed by atoms with E-state index in [0.29, 0.717) is 0 Å². The molecule has 0 amide bonds. The van der Waals surface area contributed by atoms with Gasteiger partial charge in [0.2, 0.25) is 0 Å². The predicted octanol–water partition coefficient (Wildman–Crippen LogP) is 13.0. The third-order valence-electron chi connectivity index (χ3n) is 9.44. The first-order valence-electron chi connectivity index (χ1n) is 15.9. The fraction of sp³-hybridized carbons (Fsp3) is 0. The van der Waals surface area contributed by atoms with Crippen molar-refractivity contribution >= 4 is 43.1 Å². The van der Waals surface area contributed by atoms with Gasteiger partial charge in [-0.2, -0.15) is 0 Å². The highest BCUT2D eigenvalue weighted by atomic mass is 14.2. The summed E-state index contributed by atoms with van der Waals surface area (Å²) in [5.41, 5.74) is 10.0. The van der Waals surface area contributed by atoms with Crippen molar-refractivity contribution < 1.29 is 0 Å². The van der Waals surface area contributed by atoms with Crippen LogP contribution in [0, 0.1) is 0 Å². The van der Waals surface area contributed by atoms with Gasteiger partial charge in [0.1, 0.15) is 0 Å². The third-order valence-corrected chi connectivity index (χ3v) is 9.44. The van der Waals surface area contributed by atoms with E-state index in [2.05, 4.69) is 182 Å². The minimum atomic E-state index is 1.23. The topological polar surface area (TPSA) is 0 Å². The maximum Gasteiger partial charge on any atom is -0.00201 e. The summed E-state index contributed by atoms with van der Waals surface area (Å²) in [4.78, 5) is 0. The molecule has 214 valence electrons. The molecule has 0 saturated heterocycles. The second-order valence-corrected chi connectivity index (χ2v) is 12.0. The zero-order valence-corrected chi connectivity index (χ0v) is 25.3. The summed E-state index contributed by atoms with van der Waals surface area (Å²) in [5.74, 6) is 0. The molecule has 0 unspecified atom stereocenters. The Kier molecular flexibility index (Phi) is 6.25. The summed E-state index contributed by atoms with van der Waals surface area (Å²) >= 11 is 0. The van der Waals surface area contributed by atoms with Crippen LogP contribution < -0.4 is 0 Å². The normalized spacial score (nSPS) is 11.5. The summed E-state index contributed by atoms with van der Waals surface area (Å²) in [5, 5.41) is 10.2. The number of benzene rings is 9. The van der Waals surface area contributed by atoms with Crippen molar-refractivity contribution in [1.82, 2.24) is 0 Å². The molecule has 0 aliphatic rings. The smallest absolute Gasteiger partial charge is 0.00201 e. The van der Waals surface area contributed by atoms with E-state index in [-0.39, 0.29) is 0 Å². The standard InChI is InChI=1S/C46H30/c1-2-15-31(16-3-1)35-20-6-9-24-39(35)46-42-27-12-10-25-40(42)45(41-26-11-13-28-43(41)46)34-19-14-18-32(29-34)44-30-33-17-4-5-21-36(33)37-22-7-8-23-38(37)44/h1-30H. The molecule has 46 heavy (non-hydrogen) atoms. The van der Waals surface area contributed by atoms with Crippen molar-refractivity contribution in [3.05, 3.63) is 182 Å². The molecule has 0 heterocycles. The van der Waals surface area contributed by atoms with Gasteiger partial charge in [0.25, 0.3) is 0 Å². The molecule has 0 atom stereocenters. The van der Waals surface area contributed by atoms with Crippen LogP contribution in [0.1, 0.15) is 0 Å². The Morgan fingerprint density at radius 3 is 1.39 bits per heavy atom. The Hall–Kier alpha value is -5.98. The molecule has 0 spiro atoms. The first kappa shape index (κ1) is 26.4. The van der Waals surface area contributed by atoms with Crippen molar-refractivity contribution in [1.29, 1.82) is 0 Å². The number of hydrogen-bond acceptors (Lipinski definition) is 0. The molecule has 0 aliphatic carbocycles. The van der Waals surface area contributed by atoms with Crippen molar-refractivity contribution in [3.8, 4) is 44.5 Å². The summed E-state index contributed by atoms with van der Waals surface area (Å²) in [6, 6.07) is 66.5. The van der Waals surface area contributed by atoms with Crippen molar-refractivity contribution in [3.63, 3.8) is 0 Å². The van der Waals surface area contributed by atoms with Crippen molar-refractivity contribution in [2.45, 2.75) is 0 Å². The number of rotatable bonds is 4. The predicted molar refractivity (Wildman–Crippen MR) is 198 cm³/mol. The monoisotopic (exact) mass is 582 g/mol. The highest BCUT2D eigenvalue weighted by molar-refractivity contribution is 6.22. The molecular formula is C46H30. The molecule has 0 radical (unpaired) electrons. The maximum absolute atomic E-state index is 2.39. The lowest BCUT2D eigenvalue weighted by molar-refractivity contribution is 1.60. The van der Waals surface area contributed by atoms with Crippen LogP contribution in [0.2, 0.25) is 0 Å². The molecule has 0 nitrogen and oxygen atoms in total. The van der Waals surface area contributed by atoms with Crippen molar-refractivity contribution in [2.24, 2.45) is 0 Å². The van der Waals surface area contributed by atoms with E-state index < -0.39 is 0 Å². The lowest BCUT2D eigenvalue weighted by atomic mass is 9.83. The lowest BCUT2D eigenvalue weighted by Gasteiger charge is -2.20. The van der Waals surface area contributed by atoms with E-state index in [0.717, 1.165) is 0 Å². The van der Waals surface area contributed by atoms with Gasteiger partial charge >= 0.3 is 0 Å². The lowest BCUT2D eigenvalue weighted by Crippen LogP contribution is -1.93. The molecule has 0 heteroatoms. The minimum absolute atomic E-state index is 1.23. The molecule has 0 fully saturated rings. The van der Waals surface area contributed by atoms with Crippen LogP contribution in [0.4, 0.5) is 0 Å². The Labute approximate surface area is 268 Å². The largest absolute Gasteiger partial charge is 0.0622 e. The second-order valence-electron chi connectivity index (χ2n) is 12.0. The van der Waals surface area contributed by atoms with Crippen LogP contribution in [0.15, 0.2) is 182 Å². The quantitative estimate of drug-likeness (QED) is 0.143. The number of fused-ring (bicyclic) bond motifs is 5. The Morgan fingerprint density at radius 1 is 0.217 bits per heavy atom. The summed E-state index contributed by atoms with van der Waals surface area (Å²) in [6.07, 6.45) is 0. The Morgan fingerprint density at radius 2 is 0.696 bits per heavy atom. The zero-order valence-electron chi connectivity index (χ0n) is 25.3. The van der Waals surface area contributed by atoms with Crippen LogP contribution in [0.25, 0.3) is 87.6 Å². The van der Waals surface area contributed by atoms with Crippen LogP contribution in [-0.4, -0.2) is 0 Å². The SMILES string of the molecule is c1ccc(-c2ccccc2-c2c3ccccc3c(-c3cccc(-c4cc5ccccc5c5ccccc45)c3)c3ccccc23)cc1. The Bertz CT molecular complexity index is 2520. The van der Waals surface area contributed by atoms with Crippen molar-refractivity contribution in [2.75, 3.05) is 0 Å². The van der Waals surface area contributed by atoms with E-state index in [9.17, 15) is 0 Å². The molecule has 9 aromatic rings. The van der Waals surface area contributed by atoms with E-state index in [1.54, 1.807) is 0 Å². The van der Waals surface area contributed by atoms with Gasteiger partial charge in [0.05, 0.1) is 0 Å². The second kappa shape index (κ2) is 10.9. The van der Waals surface area contributed by atoms with Gasteiger partial charge < -0.3 is 0 Å². The molecule has 9 aromatic carbocycles.